The molecule has 1 aliphatic carbocycles. The number of halogens is 3. The minimum absolute atomic E-state index is 0.138. The van der Waals surface area contributed by atoms with Gasteiger partial charge in [0.15, 0.2) is 5.82 Å². The first kappa shape index (κ1) is 22.1. The summed E-state index contributed by atoms with van der Waals surface area (Å²) in [6, 6.07) is 6.30. The number of amides is 1. The lowest BCUT2D eigenvalue weighted by molar-refractivity contribution is -0.180. The Morgan fingerprint density at radius 2 is 1.87 bits per heavy atom. The van der Waals surface area contributed by atoms with Gasteiger partial charge in [0.25, 0.3) is 0 Å². The van der Waals surface area contributed by atoms with Crippen LogP contribution in [-0.2, 0) is 22.2 Å². The van der Waals surface area contributed by atoms with Crippen LogP contribution in [0.15, 0.2) is 36.7 Å². The molecule has 0 aliphatic heterocycles. The number of ketones is 1. The zero-order chi connectivity index (χ0) is 22.3. The molecule has 2 atom stereocenters. The molecule has 5 nitrogen and oxygen atoms in total. The number of hydrogen-bond acceptors (Lipinski definition) is 3. The number of nitrogens with one attached hydrogen (secondary N) is 1. The second kappa shape index (κ2) is 7.56. The molecule has 1 heterocycles. The first-order valence-corrected chi connectivity index (χ1v) is 9.91. The lowest BCUT2D eigenvalue weighted by Gasteiger charge is -2.28. The molecule has 1 aromatic carbocycles. The third kappa shape index (κ3) is 3.87. The molecule has 8 heteroatoms. The van der Waals surface area contributed by atoms with Crippen LogP contribution in [0.4, 0.5) is 13.2 Å². The number of carbonyl (C=O) groups is 2. The smallest absolute Gasteiger partial charge is 0.348 e. The molecule has 1 N–H and O–H groups in total. The summed E-state index contributed by atoms with van der Waals surface area (Å²) in [6.45, 7) is 6.58. The fourth-order valence-electron chi connectivity index (χ4n) is 3.68. The topological polar surface area (TPSA) is 64.0 Å². The number of carbonyl (C=O) groups excluding carboxylic acids is 2. The second-order valence-electron chi connectivity index (χ2n) is 8.55. The predicted molar refractivity (Wildman–Crippen MR) is 106 cm³/mol. The number of rotatable bonds is 7. The van der Waals surface area contributed by atoms with Gasteiger partial charge in [-0.25, -0.2) is 4.98 Å². The Kier molecular flexibility index (Phi) is 5.56. The molecule has 2 aromatic rings. The molecule has 0 bridgehead atoms. The molecule has 1 aliphatic rings. The van der Waals surface area contributed by atoms with E-state index in [-0.39, 0.29) is 29.7 Å². The number of aromatic nitrogens is 2. The lowest BCUT2D eigenvalue weighted by atomic mass is 9.82. The van der Waals surface area contributed by atoms with Gasteiger partial charge in [0, 0.05) is 30.3 Å². The van der Waals surface area contributed by atoms with Crippen molar-refractivity contribution >= 4 is 11.7 Å². The van der Waals surface area contributed by atoms with E-state index < -0.39 is 17.0 Å². The average Bonchev–Trinajstić information content (AvgIpc) is 3.17. The fraction of sp³-hybridized carbons (Fsp3) is 0.500. The first-order valence-electron chi connectivity index (χ1n) is 9.91. The van der Waals surface area contributed by atoms with E-state index in [1.54, 1.807) is 29.1 Å². The first-order chi connectivity index (χ1) is 13.9. The highest BCUT2D eigenvalue weighted by molar-refractivity contribution is 5.97. The van der Waals surface area contributed by atoms with Crippen molar-refractivity contribution in [3.05, 3.63) is 53.6 Å². The van der Waals surface area contributed by atoms with Gasteiger partial charge in [-0.1, -0.05) is 31.2 Å². The van der Waals surface area contributed by atoms with Gasteiger partial charge in [-0.05, 0) is 38.3 Å². The van der Waals surface area contributed by atoms with Crippen LogP contribution in [0.1, 0.15) is 55.9 Å². The van der Waals surface area contributed by atoms with Gasteiger partial charge >= 0.3 is 6.18 Å². The molecule has 1 saturated carbocycles. The molecule has 0 saturated heterocycles. The van der Waals surface area contributed by atoms with Crippen LogP contribution >= 0.6 is 0 Å². The Hall–Kier alpha value is -2.64. The SMILES string of the molecule is CCn1ccnc1C(=O)CNC(=O)C1CC1(C)c1ccc(C(C)(C)C(F)(F)F)cc1. The number of nitrogens with zero attached hydrogens (tertiary/aromatic N) is 2. The summed E-state index contributed by atoms with van der Waals surface area (Å²) in [5, 5.41) is 2.67. The van der Waals surface area contributed by atoms with E-state index in [2.05, 4.69) is 10.3 Å². The van der Waals surface area contributed by atoms with Crippen LogP contribution in [0.2, 0.25) is 0 Å². The van der Waals surface area contributed by atoms with Gasteiger partial charge in [0.2, 0.25) is 11.7 Å². The van der Waals surface area contributed by atoms with Crippen molar-refractivity contribution in [3.63, 3.8) is 0 Å². The molecule has 1 amide bonds. The summed E-state index contributed by atoms with van der Waals surface area (Å²) in [5.74, 6) is -0.520. The summed E-state index contributed by atoms with van der Waals surface area (Å²) < 4.78 is 41.4. The number of aryl methyl sites for hydroxylation is 1. The number of benzene rings is 1. The zero-order valence-electron chi connectivity index (χ0n) is 17.5. The molecule has 1 aromatic heterocycles. The summed E-state index contributed by atoms with van der Waals surface area (Å²) in [7, 11) is 0. The largest absolute Gasteiger partial charge is 0.397 e. The highest BCUT2D eigenvalue weighted by atomic mass is 19.4. The molecule has 1 fully saturated rings. The quantitative estimate of drug-likeness (QED) is 0.687. The van der Waals surface area contributed by atoms with Crippen molar-refractivity contribution in [2.45, 2.75) is 57.7 Å². The van der Waals surface area contributed by atoms with E-state index in [0.29, 0.717) is 18.8 Å². The standard InChI is InChI=1S/C22H26F3N3O2/c1-5-28-11-10-26-18(28)17(29)13-27-19(30)16-12-21(16,4)15-8-6-14(7-9-15)20(2,3)22(23,24)25/h6-11,16H,5,12-13H2,1-4H3,(H,27,30). The van der Waals surface area contributed by atoms with Crippen molar-refractivity contribution in [2.24, 2.45) is 5.92 Å². The molecule has 2 unspecified atom stereocenters. The van der Waals surface area contributed by atoms with Crippen LogP contribution in [0.5, 0.6) is 0 Å². The highest BCUT2D eigenvalue weighted by Crippen LogP contribution is 2.54. The minimum Gasteiger partial charge on any atom is -0.348 e. The Bertz CT molecular complexity index is 947. The molecule has 162 valence electrons. The number of imidazole rings is 1. The van der Waals surface area contributed by atoms with E-state index in [1.807, 2.05) is 13.8 Å². The van der Waals surface area contributed by atoms with E-state index >= 15 is 0 Å². The molecule has 30 heavy (non-hydrogen) atoms. The fourth-order valence-corrected chi connectivity index (χ4v) is 3.68. The Balaban J connectivity index is 1.63. The number of hydrogen-bond donors (Lipinski definition) is 1. The van der Waals surface area contributed by atoms with Gasteiger partial charge in [-0.15, -0.1) is 0 Å². The molecular formula is C22H26F3N3O2. The summed E-state index contributed by atoms with van der Waals surface area (Å²) in [4.78, 5) is 28.9. The van der Waals surface area contributed by atoms with Crippen LogP contribution < -0.4 is 5.32 Å². The molecular weight excluding hydrogens is 395 g/mol. The second-order valence-corrected chi connectivity index (χ2v) is 8.55. The van der Waals surface area contributed by atoms with Crippen molar-refractivity contribution in [1.29, 1.82) is 0 Å². The van der Waals surface area contributed by atoms with Crippen LogP contribution in [-0.4, -0.2) is 34.0 Å². The zero-order valence-corrected chi connectivity index (χ0v) is 17.5. The van der Waals surface area contributed by atoms with Gasteiger partial charge in [0.1, 0.15) is 0 Å². The van der Waals surface area contributed by atoms with Gasteiger partial charge in [-0.2, -0.15) is 13.2 Å². The van der Waals surface area contributed by atoms with E-state index in [0.717, 1.165) is 19.4 Å². The van der Waals surface area contributed by atoms with Crippen molar-refractivity contribution < 1.29 is 22.8 Å². The Morgan fingerprint density at radius 3 is 2.43 bits per heavy atom. The Morgan fingerprint density at radius 1 is 1.23 bits per heavy atom. The normalized spacial score (nSPS) is 21.4. The van der Waals surface area contributed by atoms with E-state index in [9.17, 15) is 22.8 Å². The number of alkyl halides is 3. The molecule has 0 spiro atoms. The van der Waals surface area contributed by atoms with Crippen LogP contribution in [0, 0.1) is 5.92 Å². The van der Waals surface area contributed by atoms with Gasteiger partial charge in [-0.3, -0.25) is 9.59 Å². The van der Waals surface area contributed by atoms with Crippen molar-refractivity contribution in [3.8, 4) is 0 Å². The number of Topliss-reactive ketones (excluding diaryl/α,β-unsaturated/α-hetero) is 1. The molecule has 0 radical (unpaired) electrons. The summed E-state index contributed by atoms with van der Waals surface area (Å²) >= 11 is 0. The Labute approximate surface area is 173 Å². The third-order valence-corrected chi connectivity index (χ3v) is 6.26. The van der Waals surface area contributed by atoms with Crippen LogP contribution in [0.25, 0.3) is 0 Å². The summed E-state index contributed by atoms with van der Waals surface area (Å²) in [5.41, 5.74) is -1.40. The third-order valence-electron chi connectivity index (χ3n) is 6.26. The van der Waals surface area contributed by atoms with Gasteiger partial charge in [0.05, 0.1) is 12.0 Å². The molecule has 3 rings (SSSR count). The monoisotopic (exact) mass is 421 g/mol. The van der Waals surface area contributed by atoms with E-state index in [4.69, 9.17) is 0 Å². The maximum Gasteiger partial charge on any atom is 0.397 e. The maximum absolute atomic E-state index is 13.2. The van der Waals surface area contributed by atoms with E-state index in [1.165, 1.54) is 12.1 Å². The van der Waals surface area contributed by atoms with Gasteiger partial charge < -0.3 is 9.88 Å². The lowest BCUT2D eigenvalue weighted by Crippen LogP contribution is -2.36. The average molecular weight is 421 g/mol. The predicted octanol–water partition coefficient (Wildman–Crippen LogP) is 4.02. The minimum atomic E-state index is -4.35. The highest BCUT2D eigenvalue weighted by Gasteiger charge is 2.55. The van der Waals surface area contributed by atoms with Crippen molar-refractivity contribution in [1.82, 2.24) is 14.9 Å². The summed E-state index contributed by atoms with van der Waals surface area (Å²) in [6.07, 6.45) is -0.519. The van der Waals surface area contributed by atoms with Crippen LogP contribution in [0.3, 0.4) is 0 Å². The maximum atomic E-state index is 13.2. The van der Waals surface area contributed by atoms with Crippen molar-refractivity contribution in [2.75, 3.05) is 6.54 Å².